The van der Waals surface area contributed by atoms with E-state index >= 15 is 0 Å². The number of amides is 1. The van der Waals surface area contributed by atoms with E-state index in [9.17, 15) is 18.0 Å². The molecule has 26 heavy (non-hydrogen) atoms. The molecule has 0 aliphatic carbocycles. The second kappa shape index (κ2) is 7.94. The summed E-state index contributed by atoms with van der Waals surface area (Å²) < 4.78 is 26.5. The van der Waals surface area contributed by atoms with Crippen molar-refractivity contribution in [3.63, 3.8) is 0 Å². The molecule has 0 heterocycles. The van der Waals surface area contributed by atoms with Crippen molar-refractivity contribution in [2.24, 2.45) is 0 Å². The zero-order chi connectivity index (χ0) is 19.5. The lowest BCUT2D eigenvalue weighted by molar-refractivity contribution is -0.135. The average Bonchev–Trinajstić information content (AvgIpc) is 2.55. The minimum atomic E-state index is -4.19. The second-order valence-electron chi connectivity index (χ2n) is 5.21. The van der Waals surface area contributed by atoms with E-state index in [0.717, 1.165) is 0 Å². The van der Waals surface area contributed by atoms with Crippen LogP contribution in [0, 0.1) is 0 Å². The topological polar surface area (TPSA) is 104 Å². The van der Waals surface area contributed by atoms with Gasteiger partial charge in [0.1, 0.15) is 6.54 Å². The maximum absolute atomic E-state index is 12.9. The summed E-state index contributed by atoms with van der Waals surface area (Å²) in [6, 6.07) is 9.37. The Hall–Kier alpha value is -2.29. The number of hydrogen-bond donors (Lipinski definition) is 2. The Labute approximate surface area is 160 Å². The van der Waals surface area contributed by atoms with Gasteiger partial charge in [-0.2, -0.15) is 0 Å². The normalized spacial score (nSPS) is 11.0. The van der Waals surface area contributed by atoms with Crippen LogP contribution in [0.1, 0.15) is 6.92 Å². The van der Waals surface area contributed by atoms with E-state index in [4.69, 9.17) is 28.3 Å². The molecule has 0 atom stereocenters. The second-order valence-corrected chi connectivity index (χ2v) is 7.89. The molecule has 0 fully saturated rings. The van der Waals surface area contributed by atoms with Crippen LogP contribution in [0.4, 0.5) is 11.4 Å². The lowest BCUT2D eigenvalue weighted by Crippen LogP contribution is -2.35. The number of nitrogens with zero attached hydrogens (tertiary/aromatic N) is 1. The number of sulfonamides is 1. The highest BCUT2D eigenvalue weighted by Gasteiger charge is 2.27. The first-order valence-corrected chi connectivity index (χ1v) is 9.38. The summed E-state index contributed by atoms with van der Waals surface area (Å²) >= 11 is 11.7. The van der Waals surface area contributed by atoms with Gasteiger partial charge >= 0.3 is 5.97 Å². The van der Waals surface area contributed by atoms with Crippen LogP contribution in [-0.2, 0) is 19.6 Å². The van der Waals surface area contributed by atoms with E-state index < -0.39 is 22.5 Å². The predicted molar refractivity (Wildman–Crippen MR) is 99.4 cm³/mol. The SMILES string of the molecule is CC(=O)Nc1ccc(S(=O)(=O)N(CC(=O)O)c2ccc(Cl)c(Cl)c2)cc1. The van der Waals surface area contributed by atoms with E-state index in [1.807, 2.05) is 0 Å². The van der Waals surface area contributed by atoms with Crippen LogP contribution in [0.15, 0.2) is 47.4 Å². The first-order chi connectivity index (χ1) is 12.1. The lowest BCUT2D eigenvalue weighted by Gasteiger charge is -2.23. The Morgan fingerprint density at radius 2 is 1.69 bits per heavy atom. The Morgan fingerprint density at radius 3 is 2.19 bits per heavy atom. The van der Waals surface area contributed by atoms with Crippen molar-refractivity contribution in [2.75, 3.05) is 16.2 Å². The summed E-state index contributed by atoms with van der Waals surface area (Å²) in [5.41, 5.74) is 0.475. The molecule has 2 aromatic carbocycles. The summed E-state index contributed by atoms with van der Waals surface area (Å²) in [6.45, 7) is 0.525. The summed E-state index contributed by atoms with van der Waals surface area (Å²) in [4.78, 5) is 22.1. The van der Waals surface area contributed by atoms with Crippen molar-refractivity contribution in [3.05, 3.63) is 52.5 Å². The molecule has 7 nitrogen and oxygen atoms in total. The number of carboxylic acid groups (broad SMARTS) is 1. The summed E-state index contributed by atoms with van der Waals surface area (Å²) in [5.74, 6) is -1.64. The van der Waals surface area contributed by atoms with Crippen LogP contribution in [0.5, 0.6) is 0 Å². The van der Waals surface area contributed by atoms with Crippen molar-refractivity contribution in [3.8, 4) is 0 Å². The Morgan fingerprint density at radius 1 is 1.08 bits per heavy atom. The smallest absolute Gasteiger partial charge is 0.324 e. The van der Waals surface area contributed by atoms with Crippen LogP contribution in [0.2, 0.25) is 10.0 Å². The van der Waals surface area contributed by atoms with Gasteiger partial charge in [-0.1, -0.05) is 23.2 Å². The predicted octanol–water partition coefficient (Wildman–Crippen LogP) is 3.23. The average molecular weight is 417 g/mol. The van der Waals surface area contributed by atoms with Gasteiger partial charge in [-0.25, -0.2) is 8.42 Å². The third-order valence-corrected chi connectivity index (χ3v) is 5.76. The van der Waals surface area contributed by atoms with Gasteiger partial charge in [0.2, 0.25) is 5.91 Å². The van der Waals surface area contributed by atoms with Gasteiger partial charge in [0.25, 0.3) is 10.0 Å². The van der Waals surface area contributed by atoms with E-state index in [0.29, 0.717) is 9.99 Å². The lowest BCUT2D eigenvalue weighted by atomic mass is 10.3. The number of halogens is 2. The van der Waals surface area contributed by atoms with Crippen molar-refractivity contribution in [1.29, 1.82) is 0 Å². The molecule has 2 N–H and O–H groups in total. The molecule has 138 valence electrons. The highest BCUT2D eigenvalue weighted by atomic mass is 35.5. The van der Waals surface area contributed by atoms with Gasteiger partial charge in [0.15, 0.2) is 0 Å². The van der Waals surface area contributed by atoms with Crippen LogP contribution in [-0.4, -0.2) is 31.9 Å². The maximum atomic E-state index is 12.9. The summed E-state index contributed by atoms with van der Waals surface area (Å²) in [6.07, 6.45) is 0. The van der Waals surface area contributed by atoms with Gasteiger partial charge in [-0.05, 0) is 42.5 Å². The number of carbonyl (C=O) groups excluding carboxylic acids is 1. The van der Waals surface area contributed by atoms with E-state index in [-0.39, 0.29) is 26.5 Å². The fourth-order valence-electron chi connectivity index (χ4n) is 2.12. The molecule has 0 aromatic heterocycles. The monoisotopic (exact) mass is 416 g/mol. The van der Waals surface area contributed by atoms with Gasteiger partial charge in [0.05, 0.1) is 20.6 Å². The molecule has 10 heteroatoms. The zero-order valence-corrected chi connectivity index (χ0v) is 15.8. The van der Waals surface area contributed by atoms with E-state index in [1.165, 1.54) is 49.4 Å². The minimum absolute atomic E-state index is 0.0627. The van der Waals surface area contributed by atoms with Crippen LogP contribution in [0.25, 0.3) is 0 Å². The highest BCUT2D eigenvalue weighted by molar-refractivity contribution is 7.92. The van der Waals surface area contributed by atoms with E-state index in [1.54, 1.807) is 0 Å². The molecule has 0 radical (unpaired) electrons. The number of carbonyl (C=O) groups is 2. The van der Waals surface area contributed by atoms with Crippen molar-refractivity contribution < 1.29 is 23.1 Å². The number of benzene rings is 2. The molecule has 0 bridgehead atoms. The number of nitrogens with one attached hydrogen (secondary N) is 1. The number of hydrogen-bond acceptors (Lipinski definition) is 4. The van der Waals surface area contributed by atoms with Gasteiger partial charge < -0.3 is 10.4 Å². The van der Waals surface area contributed by atoms with Crippen molar-refractivity contribution in [2.45, 2.75) is 11.8 Å². The number of aliphatic carboxylic acids is 1. The minimum Gasteiger partial charge on any atom is -0.480 e. The molecule has 2 aromatic rings. The third-order valence-electron chi connectivity index (χ3n) is 3.23. The molecule has 0 saturated heterocycles. The number of carboxylic acids is 1. The van der Waals surface area contributed by atoms with Gasteiger partial charge in [-0.3, -0.25) is 13.9 Å². The standard InChI is InChI=1S/C16H14Cl2N2O5S/c1-10(21)19-11-2-5-13(6-3-11)26(24,25)20(9-16(22)23)12-4-7-14(17)15(18)8-12/h2-8H,9H2,1H3,(H,19,21)(H,22,23). The molecule has 0 saturated carbocycles. The van der Waals surface area contributed by atoms with Gasteiger partial charge in [-0.15, -0.1) is 0 Å². The molecule has 1 amide bonds. The molecular formula is C16H14Cl2N2O5S. The summed E-state index contributed by atoms with van der Waals surface area (Å²) in [5, 5.41) is 11.9. The fourth-order valence-corrected chi connectivity index (χ4v) is 3.82. The molecule has 0 unspecified atom stereocenters. The first-order valence-electron chi connectivity index (χ1n) is 7.18. The summed E-state index contributed by atoms with van der Waals surface area (Å²) in [7, 11) is -4.19. The zero-order valence-electron chi connectivity index (χ0n) is 13.4. The number of rotatable bonds is 6. The Balaban J connectivity index is 2.46. The largest absolute Gasteiger partial charge is 0.480 e. The van der Waals surface area contributed by atoms with Crippen LogP contribution in [0.3, 0.4) is 0 Å². The van der Waals surface area contributed by atoms with E-state index in [2.05, 4.69) is 5.32 Å². The maximum Gasteiger partial charge on any atom is 0.324 e. The van der Waals surface area contributed by atoms with Crippen LogP contribution >= 0.6 is 23.2 Å². The molecule has 0 aliphatic rings. The molecule has 0 spiro atoms. The third kappa shape index (κ3) is 4.66. The quantitative estimate of drug-likeness (QED) is 0.751. The Bertz CT molecular complexity index is 946. The fraction of sp³-hybridized carbons (Fsp3) is 0.125. The molecule has 0 aliphatic heterocycles. The van der Waals surface area contributed by atoms with Gasteiger partial charge in [0, 0.05) is 12.6 Å². The molecular weight excluding hydrogens is 403 g/mol. The van der Waals surface area contributed by atoms with Crippen molar-refractivity contribution >= 4 is 56.5 Å². The highest BCUT2D eigenvalue weighted by Crippen LogP contribution is 2.30. The van der Waals surface area contributed by atoms with Crippen LogP contribution < -0.4 is 9.62 Å². The number of anilines is 2. The van der Waals surface area contributed by atoms with Crippen molar-refractivity contribution in [1.82, 2.24) is 0 Å². The first kappa shape index (κ1) is 20.0. The molecule has 2 rings (SSSR count). The Kier molecular flexibility index (Phi) is 6.12.